The maximum absolute atomic E-state index is 12.2. The first-order valence-corrected chi connectivity index (χ1v) is 6.50. The fraction of sp³-hybridized carbons (Fsp3) is 1.00. The molecule has 0 amide bonds. The van der Waals surface area contributed by atoms with E-state index in [1.807, 2.05) is 0 Å². The van der Waals surface area contributed by atoms with E-state index < -0.39 is 6.43 Å². The summed E-state index contributed by atoms with van der Waals surface area (Å²) in [6.45, 7) is 4.46. The second-order valence-corrected chi connectivity index (χ2v) is 4.87. The summed E-state index contributed by atoms with van der Waals surface area (Å²) in [5, 5.41) is 11.9. The van der Waals surface area contributed by atoms with Gasteiger partial charge in [0, 0.05) is 25.7 Å². The Morgan fingerprint density at radius 2 is 2.18 bits per heavy atom. The zero-order valence-corrected chi connectivity index (χ0v) is 10.5. The maximum atomic E-state index is 12.2. The molecule has 0 saturated carbocycles. The number of nitrogens with zero attached hydrogens (tertiary/aromatic N) is 1. The van der Waals surface area contributed by atoms with Crippen LogP contribution in [0.4, 0.5) is 8.78 Å². The summed E-state index contributed by atoms with van der Waals surface area (Å²) in [7, 11) is 0. The number of aliphatic hydroxyl groups is 1. The van der Waals surface area contributed by atoms with Crippen LogP contribution in [0.2, 0.25) is 0 Å². The smallest absolute Gasteiger partial charge is 0.250 e. The molecule has 3 nitrogen and oxygen atoms in total. The predicted octanol–water partition coefficient (Wildman–Crippen LogP) is 1.32. The van der Waals surface area contributed by atoms with Gasteiger partial charge in [0.25, 0.3) is 6.43 Å². The zero-order chi connectivity index (χ0) is 12.7. The Kier molecular flexibility index (Phi) is 6.92. The van der Waals surface area contributed by atoms with Crippen LogP contribution < -0.4 is 5.32 Å². The summed E-state index contributed by atoms with van der Waals surface area (Å²) in [5.74, 6) is 0.565. The highest BCUT2D eigenvalue weighted by molar-refractivity contribution is 4.83. The molecular weight excluding hydrogens is 226 g/mol. The minimum Gasteiger partial charge on any atom is -0.395 e. The molecule has 5 heteroatoms. The molecule has 2 N–H and O–H groups in total. The highest BCUT2D eigenvalue weighted by atomic mass is 19.3. The van der Waals surface area contributed by atoms with Crippen molar-refractivity contribution < 1.29 is 13.9 Å². The molecule has 0 aromatic rings. The number of hydrogen-bond donors (Lipinski definition) is 2. The van der Waals surface area contributed by atoms with Gasteiger partial charge in [0.15, 0.2) is 0 Å². The molecule has 1 aliphatic rings. The average Bonchev–Trinajstić information content (AvgIpc) is 2.27. The highest BCUT2D eigenvalue weighted by Crippen LogP contribution is 2.21. The first kappa shape index (κ1) is 14.8. The standard InChI is InChI=1S/C12H24F2N2O/c1-2-3-10-6-11(15-7-12(13)14)9-16(8-10)4-5-17/h10-12,15,17H,2-9H2,1H3. The number of hydrogen-bond acceptors (Lipinski definition) is 3. The first-order valence-electron chi connectivity index (χ1n) is 6.50. The third-order valence-electron chi connectivity index (χ3n) is 3.29. The zero-order valence-electron chi connectivity index (χ0n) is 10.5. The Labute approximate surface area is 102 Å². The topological polar surface area (TPSA) is 35.5 Å². The van der Waals surface area contributed by atoms with Crippen molar-refractivity contribution >= 4 is 0 Å². The van der Waals surface area contributed by atoms with Gasteiger partial charge in [0.1, 0.15) is 0 Å². The maximum Gasteiger partial charge on any atom is 0.250 e. The molecule has 0 aromatic heterocycles. The summed E-state index contributed by atoms with van der Waals surface area (Å²) < 4.78 is 24.3. The van der Waals surface area contributed by atoms with E-state index in [4.69, 9.17) is 5.11 Å². The second-order valence-electron chi connectivity index (χ2n) is 4.87. The number of β-amino-alcohol motifs (C(OH)–C–C–N with tert-alkyl or cyclic N) is 1. The molecule has 0 bridgehead atoms. The van der Waals surface area contributed by atoms with Crippen LogP contribution in [0.15, 0.2) is 0 Å². The van der Waals surface area contributed by atoms with Crippen molar-refractivity contribution in [3.63, 3.8) is 0 Å². The summed E-state index contributed by atoms with van der Waals surface area (Å²) in [6.07, 6.45) is 0.948. The quantitative estimate of drug-likeness (QED) is 0.715. The van der Waals surface area contributed by atoms with E-state index in [0.717, 1.165) is 32.4 Å². The van der Waals surface area contributed by atoms with Crippen LogP contribution in [0, 0.1) is 5.92 Å². The Balaban J connectivity index is 2.40. The van der Waals surface area contributed by atoms with Crippen LogP contribution in [0.5, 0.6) is 0 Å². The molecule has 1 rings (SSSR count). The molecule has 2 atom stereocenters. The van der Waals surface area contributed by atoms with Crippen molar-refractivity contribution in [1.82, 2.24) is 10.2 Å². The lowest BCUT2D eigenvalue weighted by Gasteiger charge is -2.38. The largest absolute Gasteiger partial charge is 0.395 e. The van der Waals surface area contributed by atoms with Gasteiger partial charge in [0.05, 0.1) is 13.2 Å². The van der Waals surface area contributed by atoms with Crippen LogP contribution >= 0.6 is 0 Å². The molecule has 1 aliphatic heterocycles. The summed E-state index contributed by atoms with van der Waals surface area (Å²) in [6, 6.07) is 0.140. The van der Waals surface area contributed by atoms with Crippen LogP contribution in [0.3, 0.4) is 0 Å². The number of rotatable bonds is 7. The third-order valence-corrected chi connectivity index (χ3v) is 3.29. The first-order chi connectivity index (χ1) is 8.15. The minimum atomic E-state index is -2.28. The van der Waals surface area contributed by atoms with Gasteiger partial charge >= 0.3 is 0 Å². The summed E-state index contributed by atoms with van der Waals surface area (Å²) in [5.41, 5.74) is 0. The molecule has 0 aromatic carbocycles. The molecular formula is C12H24F2N2O. The molecule has 0 spiro atoms. The third kappa shape index (κ3) is 5.75. The van der Waals surface area contributed by atoms with E-state index in [2.05, 4.69) is 17.1 Å². The number of likely N-dealkylation sites (tertiary alicyclic amines) is 1. The van der Waals surface area contributed by atoms with Crippen molar-refractivity contribution in [1.29, 1.82) is 0 Å². The van der Waals surface area contributed by atoms with Gasteiger partial charge in [-0.25, -0.2) is 8.78 Å². The van der Waals surface area contributed by atoms with Crippen LogP contribution in [-0.2, 0) is 0 Å². The van der Waals surface area contributed by atoms with Crippen molar-refractivity contribution in [3.8, 4) is 0 Å². The lowest BCUT2D eigenvalue weighted by atomic mass is 9.90. The van der Waals surface area contributed by atoms with Crippen LogP contribution in [0.1, 0.15) is 26.2 Å². The van der Waals surface area contributed by atoms with E-state index in [1.54, 1.807) is 0 Å². The fourth-order valence-electron chi connectivity index (χ4n) is 2.65. The van der Waals surface area contributed by atoms with Crippen LogP contribution in [0.25, 0.3) is 0 Å². The number of aliphatic hydroxyl groups excluding tert-OH is 1. The summed E-state index contributed by atoms with van der Waals surface area (Å²) >= 11 is 0. The normalized spacial score (nSPS) is 26.6. The van der Waals surface area contributed by atoms with Crippen molar-refractivity contribution in [2.24, 2.45) is 5.92 Å². The van der Waals surface area contributed by atoms with Gasteiger partial charge in [0.2, 0.25) is 0 Å². The van der Waals surface area contributed by atoms with Crippen molar-refractivity contribution in [3.05, 3.63) is 0 Å². The highest BCUT2D eigenvalue weighted by Gasteiger charge is 2.26. The predicted molar refractivity (Wildman–Crippen MR) is 64.3 cm³/mol. The van der Waals surface area contributed by atoms with E-state index in [0.29, 0.717) is 12.5 Å². The SMILES string of the molecule is CCCC1CC(NCC(F)F)CN(CCO)C1. The van der Waals surface area contributed by atoms with Gasteiger partial charge in [-0.3, -0.25) is 4.90 Å². The Hall–Kier alpha value is -0.260. The Morgan fingerprint density at radius 3 is 2.76 bits per heavy atom. The number of halogens is 2. The van der Waals surface area contributed by atoms with E-state index >= 15 is 0 Å². The lowest BCUT2D eigenvalue weighted by molar-refractivity contribution is 0.0943. The summed E-state index contributed by atoms with van der Waals surface area (Å²) in [4.78, 5) is 2.17. The van der Waals surface area contributed by atoms with Gasteiger partial charge in [-0.2, -0.15) is 0 Å². The molecule has 0 radical (unpaired) electrons. The molecule has 1 heterocycles. The molecule has 17 heavy (non-hydrogen) atoms. The van der Waals surface area contributed by atoms with Gasteiger partial charge < -0.3 is 10.4 Å². The Morgan fingerprint density at radius 1 is 1.41 bits per heavy atom. The van der Waals surface area contributed by atoms with Crippen molar-refractivity contribution in [2.75, 3.05) is 32.8 Å². The minimum absolute atomic E-state index is 0.139. The van der Waals surface area contributed by atoms with Gasteiger partial charge in [-0.05, 0) is 18.8 Å². The lowest BCUT2D eigenvalue weighted by Crippen LogP contribution is -2.50. The molecule has 0 aliphatic carbocycles. The monoisotopic (exact) mass is 250 g/mol. The van der Waals surface area contributed by atoms with E-state index in [9.17, 15) is 8.78 Å². The Bertz CT molecular complexity index is 191. The van der Waals surface area contributed by atoms with Crippen LogP contribution in [-0.4, -0.2) is 55.3 Å². The van der Waals surface area contributed by atoms with E-state index in [-0.39, 0.29) is 19.2 Å². The van der Waals surface area contributed by atoms with Gasteiger partial charge in [-0.1, -0.05) is 13.3 Å². The molecule has 2 unspecified atom stereocenters. The van der Waals surface area contributed by atoms with E-state index in [1.165, 1.54) is 0 Å². The number of piperidine rings is 1. The number of nitrogens with one attached hydrogen (secondary N) is 1. The number of alkyl halides is 2. The fourth-order valence-corrected chi connectivity index (χ4v) is 2.65. The average molecular weight is 250 g/mol. The van der Waals surface area contributed by atoms with Crippen molar-refractivity contribution in [2.45, 2.75) is 38.7 Å². The molecule has 102 valence electrons. The van der Waals surface area contributed by atoms with Gasteiger partial charge in [-0.15, -0.1) is 0 Å². The second kappa shape index (κ2) is 7.95. The molecule has 1 fully saturated rings. The molecule has 1 saturated heterocycles.